The molecular weight excluding hydrogens is 312 g/mol. The van der Waals surface area contributed by atoms with Gasteiger partial charge < -0.3 is 5.32 Å². The molecule has 1 nitrogen and oxygen atoms in total. The van der Waals surface area contributed by atoms with Gasteiger partial charge in [0.25, 0.3) is 0 Å². The van der Waals surface area contributed by atoms with Crippen LogP contribution in [-0.2, 0) is 0 Å². The van der Waals surface area contributed by atoms with Crippen LogP contribution in [0.5, 0.6) is 0 Å². The van der Waals surface area contributed by atoms with E-state index < -0.39 is 11.6 Å². The molecule has 0 aromatic heterocycles. The minimum atomic E-state index is -0.468. The molecule has 3 atom stereocenters. The zero-order chi connectivity index (χ0) is 14.0. The van der Waals surface area contributed by atoms with Gasteiger partial charge in [0.1, 0.15) is 11.6 Å². The van der Waals surface area contributed by atoms with E-state index >= 15 is 0 Å². The monoisotopic (exact) mass is 331 g/mol. The average molecular weight is 332 g/mol. The van der Waals surface area contributed by atoms with Crippen LogP contribution in [0.4, 0.5) is 8.78 Å². The molecule has 106 valence electrons. The molecule has 1 saturated carbocycles. The van der Waals surface area contributed by atoms with Gasteiger partial charge in [-0.1, -0.05) is 26.7 Å². The van der Waals surface area contributed by atoms with Crippen molar-refractivity contribution in [2.24, 2.45) is 11.8 Å². The van der Waals surface area contributed by atoms with Crippen molar-refractivity contribution in [2.75, 3.05) is 6.54 Å². The largest absolute Gasteiger partial charge is 0.310 e. The summed E-state index contributed by atoms with van der Waals surface area (Å²) in [6.07, 6.45) is 3.32. The molecule has 4 heteroatoms. The molecule has 1 aliphatic carbocycles. The Morgan fingerprint density at radius 1 is 1.37 bits per heavy atom. The van der Waals surface area contributed by atoms with E-state index in [-0.39, 0.29) is 11.6 Å². The first-order chi connectivity index (χ1) is 9.06. The van der Waals surface area contributed by atoms with Gasteiger partial charge in [-0.05, 0) is 52.9 Å². The third-order valence-electron chi connectivity index (χ3n) is 4.17. The van der Waals surface area contributed by atoms with Gasteiger partial charge in [-0.3, -0.25) is 0 Å². The average Bonchev–Trinajstić information content (AvgIpc) is 2.79. The maximum Gasteiger partial charge on any atom is 0.145 e. The summed E-state index contributed by atoms with van der Waals surface area (Å²) >= 11 is 3.15. The van der Waals surface area contributed by atoms with Crippen LogP contribution in [0.1, 0.15) is 44.7 Å². The van der Waals surface area contributed by atoms with E-state index in [1.807, 2.05) is 6.92 Å². The summed E-state index contributed by atoms with van der Waals surface area (Å²) in [5, 5.41) is 3.28. The van der Waals surface area contributed by atoms with Crippen molar-refractivity contribution < 1.29 is 8.78 Å². The highest BCUT2D eigenvalue weighted by Crippen LogP contribution is 2.42. The van der Waals surface area contributed by atoms with E-state index in [9.17, 15) is 8.78 Å². The van der Waals surface area contributed by atoms with Gasteiger partial charge in [-0.15, -0.1) is 0 Å². The number of rotatable bonds is 4. The summed E-state index contributed by atoms with van der Waals surface area (Å²) in [5.74, 6) is -0.115. The van der Waals surface area contributed by atoms with Crippen molar-refractivity contribution in [2.45, 2.75) is 39.2 Å². The van der Waals surface area contributed by atoms with Crippen LogP contribution in [0.2, 0.25) is 0 Å². The Morgan fingerprint density at radius 2 is 2.11 bits per heavy atom. The first-order valence-electron chi connectivity index (χ1n) is 6.93. The standard InChI is InChI=1S/C15H20BrF2N/c1-3-19-15(10-6-4-5-9(10)2)13-12(17)8-7-11(16)14(13)18/h7-10,15,19H,3-6H2,1-2H3. The third-order valence-corrected chi connectivity index (χ3v) is 4.78. The van der Waals surface area contributed by atoms with Crippen molar-refractivity contribution >= 4 is 15.9 Å². The predicted octanol–water partition coefficient (Wildman–Crippen LogP) is 4.81. The fourth-order valence-corrected chi connectivity index (χ4v) is 3.53. The molecule has 0 aliphatic heterocycles. The Kier molecular flexibility index (Phi) is 4.96. The van der Waals surface area contributed by atoms with Crippen molar-refractivity contribution in [1.82, 2.24) is 5.32 Å². The van der Waals surface area contributed by atoms with Crippen LogP contribution in [0, 0.1) is 23.5 Å². The lowest BCUT2D eigenvalue weighted by Crippen LogP contribution is -2.31. The summed E-state index contributed by atoms with van der Waals surface area (Å²) in [7, 11) is 0. The highest BCUT2D eigenvalue weighted by atomic mass is 79.9. The zero-order valence-electron chi connectivity index (χ0n) is 11.3. The predicted molar refractivity (Wildman–Crippen MR) is 77.0 cm³/mol. The lowest BCUT2D eigenvalue weighted by molar-refractivity contribution is 0.291. The summed E-state index contributed by atoms with van der Waals surface area (Å²) in [5.41, 5.74) is 0.190. The van der Waals surface area contributed by atoms with E-state index in [1.54, 1.807) is 0 Å². The molecule has 1 fully saturated rings. The fourth-order valence-electron chi connectivity index (χ4n) is 3.18. The molecule has 0 bridgehead atoms. The van der Waals surface area contributed by atoms with Crippen LogP contribution in [0.25, 0.3) is 0 Å². The maximum atomic E-state index is 14.3. The zero-order valence-corrected chi connectivity index (χ0v) is 12.9. The number of nitrogens with one attached hydrogen (secondary N) is 1. The van der Waals surface area contributed by atoms with Gasteiger partial charge in [0, 0.05) is 11.6 Å². The number of hydrogen-bond acceptors (Lipinski definition) is 1. The quantitative estimate of drug-likeness (QED) is 0.780. The molecule has 0 spiro atoms. The third kappa shape index (κ3) is 3.00. The van der Waals surface area contributed by atoms with Gasteiger partial charge in [-0.25, -0.2) is 8.78 Å². The second-order valence-electron chi connectivity index (χ2n) is 5.36. The molecule has 0 saturated heterocycles. The molecule has 1 N–H and O–H groups in total. The molecule has 3 unspecified atom stereocenters. The first-order valence-corrected chi connectivity index (χ1v) is 7.72. The Balaban J connectivity index is 2.41. The normalized spacial score (nSPS) is 24.7. The van der Waals surface area contributed by atoms with E-state index in [1.165, 1.54) is 12.1 Å². The van der Waals surface area contributed by atoms with E-state index in [0.717, 1.165) is 19.3 Å². The summed E-state index contributed by atoms with van der Waals surface area (Å²) in [4.78, 5) is 0. The molecule has 0 radical (unpaired) electrons. The van der Waals surface area contributed by atoms with Crippen molar-refractivity contribution in [1.29, 1.82) is 0 Å². The highest BCUT2D eigenvalue weighted by molar-refractivity contribution is 9.10. The topological polar surface area (TPSA) is 12.0 Å². The van der Waals surface area contributed by atoms with Crippen LogP contribution >= 0.6 is 15.9 Å². The van der Waals surface area contributed by atoms with Gasteiger partial charge >= 0.3 is 0 Å². The smallest absolute Gasteiger partial charge is 0.145 e. The number of halogens is 3. The molecule has 1 aliphatic rings. The van der Waals surface area contributed by atoms with Crippen LogP contribution in [0.15, 0.2) is 16.6 Å². The van der Waals surface area contributed by atoms with E-state index in [0.29, 0.717) is 22.9 Å². The van der Waals surface area contributed by atoms with Gasteiger partial charge in [0.05, 0.1) is 4.47 Å². The molecule has 19 heavy (non-hydrogen) atoms. The minimum Gasteiger partial charge on any atom is -0.310 e. The van der Waals surface area contributed by atoms with Crippen LogP contribution < -0.4 is 5.32 Å². The number of benzene rings is 1. The molecule has 0 amide bonds. The van der Waals surface area contributed by atoms with Crippen LogP contribution in [0.3, 0.4) is 0 Å². The summed E-state index contributed by atoms with van der Waals surface area (Å²) in [6, 6.07) is 2.53. The van der Waals surface area contributed by atoms with Crippen molar-refractivity contribution in [3.8, 4) is 0 Å². The van der Waals surface area contributed by atoms with Crippen LogP contribution in [-0.4, -0.2) is 6.54 Å². The van der Waals surface area contributed by atoms with Gasteiger partial charge in [0.15, 0.2) is 0 Å². The van der Waals surface area contributed by atoms with Crippen molar-refractivity contribution in [3.05, 3.63) is 33.8 Å². The lowest BCUT2D eigenvalue weighted by Gasteiger charge is -2.29. The molecule has 1 aromatic rings. The number of hydrogen-bond donors (Lipinski definition) is 1. The Hall–Kier alpha value is -0.480. The maximum absolute atomic E-state index is 14.3. The molecule has 2 rings (SSSR count). The van der Waals surface area contributed by atoms with E-state index in [2.05, 4.69) is 28.2 Å². The Labute approximate surface area is 121 Å². The second kappa shape index (κ2) is 6.31. The first kappa shape index (κ1) is 14.9. The lowest BCUT2D eigenvalue weighted by atomic mass is 9.85. The highest BCUT2D eigenvalue weighted by Gasteiger charge is 2.34. The van der Waals surface area contributed by atoms with Gasteiger partial charge in [-0.2, -0.15) is 0 Å². The second-order valence-corrected chi connectivity index (χ2v) is 6.22. The summed E-state index contributed by atoms with van der Waals surface area (Å²) < 4.78 is 28.7. The SMILES string of the molecule is CCNC(c1c(F)ccc(Br)c1F)C1CCCC1C. The Morgan fingerprint density at radius 3 is 2.68 bits per heavy atom. The molecular formula is C15H20BrF2N. The van der Waals surface area contributed by atoms with E-state index in [4.69, 9.17) is 0 Å². The fraction of sp³-hybridized carbons (Fsp3) is 0.600. The minimum absolute atomic E-state index is 0.190. The van der Waals surface area contributed by atoms with Gasteiger partial charge in [0.2, 0.25) is 0 Å². The molecule has 1 aromatic carbocycles. The summed E-state index contributed by atoms with van der Waals surface area (Å²) in [6.45, 7) is 4.86. The van der Waals surface area contributed by atoms with Crippen molar-refractivity contribution in [3.63, 3.8) is 0 Å². The Bertz CT molecular complexity index is 450. The molecule has 0 heterocycles.